The summed E-state index contributed by atoms with van der Waals surface area (Å²) in [6, 6.07) is 20.6. The third kappa shape index (κ3) is 5.92. The van der Waals surface area contributed by atoms with E-state index >= 15 is 0 Å². The van der Waals surface area contributed by atoms with Crippen LogP contribution in [0.2, 0.25) is 0 Å². The van der Waals surface area contributed by atoms with Gasteiger partial charge in [-0.2, -0.15) is 0 Å². The van der Waals surface area contributed by atoms with Gasteiger partial charge >= 0.3 is 5.97 Å². The molecule has 3 aromatic carbocycles. The van der Waals surface area contributed by atoms with Crippen LogP contribution in [0, 0.1) is 11.7 Å². The van der Waals surface area contributed by atoms with E-state index in [1.165, 1.54) is 6.07 Å². The Morgan fingerprint density at radius 2 is 1.74 bits per heavy atom. The van der Waals surface area contributed by atoms with Crippen LogP contribution >= 0.6 is 0 Å². The number of likely N-dealkylation sites (N-methyl/N-ethyl adjacent to an activating group) is 1. The molecule has 0 fully saturated rings. The molecule has 8 nitrogen and oxygen atoms in total. The minimum absolute atomic E-state index is 0.178. The van der Waals surface area contributed by atoms with E-state index in [0.717, 1.165) is 22.2 Å². The number of nitrogens with one attached hydrogen (secondary N) is 2. The van der Waals surface area contributed by atoms with Gasteiger partial charge in [-0.15, -0.1) is 0 Å². The predicted molar refractivity (Wildman–Crippen MR) is 163 cm³/mol. The molecule has 1 aliphatic rings. The summed E-state index contributed by atoms with van der Waals surface area (Å²) in [5.41, 5.74) is 9.96. The number of carbonyl (C=O) groups is 2. The molecule has 4 N–H and O–H groups in total. The number of benzodiazepines with no additional fused rings is 1. The van der Waals surface area contributed by atoms with Crippen molar-refractivity contribution in [2.24, 2.45) is 16.6 Å². The maximum absolute atomic E-state index is 14.8. The van der Waals surface area contributed by atoms with Crippen molar-refractivity contribution in [2.75, 3.05) is 25.0 Å². The van der Waals surface area contributed by atoms with Gasteiger partial charge in [0.2, 0.25) is 5.91 Å². The molecule has 0 saturated carbocycles. The van der Waals surface area contributed by atoms with Gasteiger partial charge in [0.05, 0.1) is 24.3 Å². The average molecular weight is 570 g/mol. The van der Waals surface area contributed by atoms with E-state index in [-0.39, 0.29) is 18.4 Å². The molecule has 1 amide bonds. The molecule has 5 rings (SSSR count). The summed E-state index contributed by atoms with van der Waals surface area (Å²) in [4.78, 5) is 37.1. The van der Waals surface area contributed by atoms with Gasteiger partial charge in [-0.1, -0.05) is 48.5 Å². The number of halogens is 1. The Hall–Kier alpha value is -4.50. The van der Waals surface area contributed by atoms with Gasteiger partial charge in [-0.05, 0) is 50.6 Å². The van der Waals surface area contributed by atoms with Crippen LogP contribution < -0.4 is 16.0 Å². The Balaban J connectivity index is 1.42. The number of rotatable bonds is 7. The van der Waals surface area contributed by atoms with Crippen LogP contribution in [-0.2, 0) is 14.3 Å². The number of hydrogen-bond acceptors (Lipinski definition) is 6. The fourth-order valence-electron chi connectivity index (χ4n) is 5.33. The number of nitrogens with zero attached hydrogens (tertiary/aromatic N) is 2. The van der Waals surface area contributed by atoms with E-state index < -0.39 is 29.4 Å². The molecule has 1 aliphatic heterocycles. The lowest BCUT2D eigenvalue weighted by Gasteiger charge is -2.30. The summed E-state index contributed by atoms with van der Waals surface area (Å²) in [5.74, 6) is -2.88. The average Bonchev–Trinajstić information content (AvgIpc) is 3.33. The largest absolute Gasteiger partial charge is 0.459 e. The summed E-state index contributed by atoms with van der Waals surface area (Å²) >= 11 is 0. The zero-order valence-corrected chi connectivity index (χ0v) is 24.2. The predicted octanol–water partition coefficient (Wildman–Crippen LogP) is 4.74. The number of amides is 1. The molecule has 42 heavy (non-hydrogen) atoms. The SMILES string of the molecule is CN1c2ccccc2C(c2ccccc2F)=NCC1CNC(=O)C(C(=O)OC(C)(C)C)C(N)c1c[nH]c2ccccc12. The van der Waals surface area contributed by atoms with Crippen molar-refractivity contribution in [3.63, 3.8) is 0 Å². The Bertz CT molecular complexity index is 1640. The number of ether oxygens (including phenoxy) is 1. The van der Waals surface area contributed by atoms with E-state index in [9.17, 15) is 14.0 Å². The monoisotopic (exact) mass is 569 g/mol. The van der Waals surface area contributed by atoms with Crippen LogP contribution in [0.5, 0.6) is 0 Å². The van der Waals surface area contributed by atoms with Crippen molar-refractivity contribution in [1.82, 2.24) is 10.3 Å². The van der Waals surface area contributed by atoms with Crippen molar-refractivity contribution < 1.29 is 18.7 Å². The lowest BCUT2D eigenvalue weighted by atomic mass is 9.92. The van der Waals surface area contributed by atoms with Crippen LogP contribution in [0.4, 0.5) is 10.1 Å². The van der Waals surface area contributed by atoms with Gasteiger partial charge in [-0.25, -0.2) is 4.39 Å². The Morgan fingerprint density at radius 1 is 1.07 bits per heavy atom. The van der Waals surface area contributed by atoms with Gasteiger partial charge in [0.1, 0.15) is 11.4 Å². The number of nitrogens with two attached hydrogens (primary N) is 1. The number of aliphatic imine (C=N–C) groups is 1. The van der Waals surface area contributed by atoms with Crippen LogP contribution in [0.1, 0.15) is 43.5 Å². The summed E-state index contributed by atoms with van der Waals surface area (Å²) in [6.45, 7) is 5.72. The first-order valence-electron chi connectivity index (χ1n) is 14.0. The molecule has 0 radical (unpaired) electrons. The van der Waals surface area contributed by atoms with Crippen LogP contribution in [0.25, 0.3) is 10.9 Å². The van der Waals surface area contributed by atoms with E-state index in [1.54, 1.807) is 45.2 Å². The first-order chi connectivity index (χ1) is 20.0. The highest BCUT2D eigenvalue weighted by atomic mass is 19.1. The number of hydrogen-bond donors (Lipinski definition) is 3. The summed E-state index contributed by atoms with van der Waals surface area (Å²) < 4.78 is 20.5. The molecule has 4 aromatic rings. The third-order valence-corrected chi connectivity index (χ3v) is 7.47. The van der Waals surface area contributed by atoms with Gasteiger partial charge in [0.15, 0.2) is 5.92 Å². The molecule has 0 spiro atoms. The van der Waals surface area contributed by atoms with Gasteiger partial charge < -0.3 is 25.7 Å². The van der Waals surface area contributed by atoms with E-state index in [4.69, 9.17) is 15.5 Å². The van der Waals surface area contributed by atoms with Gasteiger partial charge in [0, 0.05) is 47.5 Å². The zero-order chi connectivity index (χ0) is 30.0. The number of para-hydroxylation sites is 2. The standard InChI is InChI=1S/C33H36FN5O3/c1-33(2,3)42-32(41)28(29(35)24-19-36-26-15-9-6-11-21(24)26)31(40)38-18-20-17-37-30(22-12-5-8-14-25(22)34)23-13-7-10-16-27(23)39(20)4/h5-16,19-20,28-29,36H,17-18,35H2,1-4H3,(H,38,40). The number of benzene rings is 3. The van der Waals surface area contributed by atoms with Gasteiger partial charge in [-0.3, -0.25) is 14.6 Å². The second-order valence-corrected chi connectivity index (χ2v) is 11.5. The molecule has 0 bridgehead atoms. The van der Waals surface area contributed by atoms with Crippen molar-refractivity contribution in [1.29, 1.82) is 0 Å². The lowest BCUT2D eigenvalue weighted by Crippen LogP contribution is -2.49. The van der Waals surface area contributed by atoms with Crippen LogP contribution in [-0.4, -0.2) is 54.4 Å². The highest BCUT2D eigenvalue weighted by Gasteiger charge is 2.38. The quantitative estimate of drug-likeness (QED) is 0.220. The number of aromatic nitrogens is 1. The minimum atomic E-state index is -1.29. The fourth-order valence-corrected chi connectivity index (χ4v) is 5.33. The number of esters is 1. The van der Waals surface area contributed by atoms with Crippen molar-refractivity contribution >= 4 is 34.2 Å². The second-order valence-electron chi connectivity index (χ2n) is 11.5. The lowest BCUT2D eigenvalue weighted by molar-refractivity contribution is -0.163. The Morgan fingerprint density at radius 3 is 2.48 bits per heavy atom. The summed E-state index contributed by atoms with van der Waals surface area (Å²) in [7, 11) is 1.92. The van der Waals surface area contributed by atoms with Crippen molar-refractivity contribution in [2.45, 2.75) is 38.5 Å². The topological polar surface area (TPSA) is 113 Å². The number of anilines is 1. The third-order valence-electron chi connectivity index (χ3n) is 7.47. The number of carbonyl (C=O) groups excluding carboxylic acids is 2. The Kier molecular flexibility index (Phi) is 8.13. The maximum atomic E-state index is 14.8. The van der Waals surface area contributed by atoms with E-state index in [0.29, 0.717) is 23.4 Å². The normalized spacial score (nSPS) is 16.7. The van der Waals surface area contributed by atoms with E-state index in [2.05, 4.69) is 10.3 Å². The molecule has 0 aliphatic carbocycles. The molecular weight excluding hydrogens is 533 g/mol. The van der Waals surface area contributed by atoms with Crippen molar-refractivity contribution in [3.8, 4) is 0 Å². The fraction of sp³-hybridized carbons (Fsp3) is 0.303. The molecule has 218 valence electrons. The first kappa shape index (κ1) is 29.0. The molecule has 3 atom stereocenters. The molecule has 2 heterocycles. The van der Waals surface area contributed by atoms with Crippen molar-refractivity contribution in [3.05, 3.63) is 102 Å². The zero-order valence-electron chi connectivity index (χ0n) is 24.2. The molecule has 3 unspecified atom stereocenters. The number of aromatic amines is 1. The van der Waals surface area contributed by atoms with Gasteiger partial charge in [0.25, 0.3) is 0 Å². The molecule has 9 heteroatoms. The molecule has 0 saturated heterocycles. The maximum Gasteiger partial charge on any atom is 0.320 e. The Labute approximate surface area is 244 Å². The summed E-state index contributed by atoms with van der Waals surface area (Å²) in [6.07, 6.45) is 1.73. The smallest absolute Gasteiger partial charge is 0.320 e. The number of H-pyrrole nitrogens is 1. The minimum Gasteiger partial charge on any atom is -0.459 e. The first-order valence-corrected chi connectivity index (χ1v) is 14.0. The van der Waals surface area contributed by atoms with Crippen LogP contribution in [0.3, 0.4) is 0 Å². The second kappa shape index (κ2) is 11.8. The highest BCUT2D eigenvalue weighted by molar-refractivity contribution is 6.16. The van der Waals surface area contributed by atoms with E-state index in [1.807, 2.05) is 60.5 Å². The molecular formula is C33H36FN5O3. The summed E-state index contributed by atoms with van der Waals surface area (Å²) in [5, 5.41) is 3.78. The van der Waals surface area contributed by atoms with Crippen LogP contribution in [0.15, 0.2) is 84.0 Å². The molecule has 1 aromatic heterocycles. The number of fused-ring (bicyclic) bond motifs is 2. The highest BCUT2D eigenvalue weighted by Crippen LogP contribution is 2.31.